The molecule has 0 spiro atoms. The maximum absolute atomic E-state index is 11.2. The Morgan fingerprint density at radius 3 is 2.40 bits per heavy atom. The second-order valence-corrected chi connectivity index (χ2v) is 7.31. The molecule has 1 aromatic heterocycles. The lowest BCUT2D eigenvalue weighted by molar-refractivity contribution is -0.148. The first kappa shape index (κ1) is 21.6. The van der Waals surface area contributed by atoms with Crippen LogP contribution < -0.4 is 4.74 Å². The highest BCUT2D eigenvalue weighted by Gasteiger charge is 2.18. The third kappa shape index (κ3) is 5.07. The molecule has 1 atom stereocenters. The Balaban J connectivity index is 1.65. The number of aromatic nitrogens is 1. The van der Waals surface area contributed by atoms with Crippen LogP contribution in [0.2, 0.25) is 0 Å². The number of carbonyl (C=O) groups is 1. The molecule has 1 N–H and O–H groups in total. The standard InChI is InChI=1S/C24H27NO5/c1-15-12-18(14-21(28-4)24(26)27)13-16(2)22(15)29-11-10-20-17(3)30-23(25-20)19-8-6-5-7-9-19/h5-9,12-13,21H,10-11,14H2,1-4H3,(H,26,27). The molecule has 3 aromatic rings. The number of nitrogens with zero attached hydrogens (tertiary/aromatic N) is 1. The highest BCUT2D eigenvalue weighted by atomic mass is 16.5. The summed E-state index contributed by atoms with van der Waals surface area (Å²) >= 11 is 0. The van der Waals surface area contributed by atoms with Crippen molar-refractivity contribution in [2.45, 2.75) is 39.7 Å². The number of hydrogen-bond donors (Lipinski definition) is 1. The third-order valence-electron chi connectivity index (χ3n) is 5.00. The second-order valence-electron chi connectivity index (χ2n) is 7.31. The van der Waals surface area contributed by atoms with Crippen LogP contribution in [-0.4, -0.2) is 35.9 Å². The summed E-state index contributed by atoms with van der Waals surface area (Å²) in [5, 5.41) is 9.19. The van der Waals surface area contributed by atoms with E-state index in [1.54, 1.807) is 0 Å². The van der Waals surface area contributed by atoms with E-state index in [9.17, 15) is 9.90 Å². The molecule has 0 saturated carbocycles. The number of rotatable bonds is 9. The number of benzene rings is 2. The lowest BCUT2D eigenvalue weighted by atomic mass is 10.0. The molecule has 0 bridgehead atoms. The van der Waals surface area contributed by atoms with Gasteiger partial charge in [-0.1, -0.05) is 30.3 Å². The van der Waals surface area contributed by atoms with Crippen molar-refractivity contribution in [2.75, 3.05) is 13.7 Å². The molecule has 158 valence electrons. The lowest BCUT2D eigenvalue weighted by Gasteiger charge is -2.16. The number of methoxy groups -OCH3 is 1. The number of oxazole rings is 1. The van der Waals surface area contributed by atoms with Crippen molar-refractivity contribution in [1.29, 1.82) is 0 Å². The Morgan fingerprint density at radius 2 is 1.80 bits per heavy atom. The Labute approximate surface area is 176 Å². The Kier molecular flexibility index (Phi) is 6.90. The first-order valence-electron chi connectivity index (χ1n) is 9.89. The fourth-order valence-electron chi connectivity index (χ4n) is 3.48. The molecule has 0 aliphatic rings. The maximum Gasteiger partial charge on any atom is 0.333 e. The van der Waals surface area contributed by atoms with Gasteiger partial charge in [-0.3, -0.25) is 0 Å². The molecule has 30 heavy (non-hydrogen) atoms. The van der Waals surface area contributed by atoms with E-state index in [0.29, 0.717) is 25.3 Å². The molecule has 1 unspecified atom stereocenters. The predicted molar refractivity (Wildman–Crippen MR) is 114 cm³/mol. The van der Waals surface area contributed by atoms with Crippen molar-refractivity contribution in [3.63, 3.8) is 0 Å². The van der Waals surface area contributed by atoms with Gasteiger partial charge in [0.1, 0.15) is 11.5 Å². The van der Waals surface area contributed by atoms with Gasteiger partial charge >= 0.3 is 5.97 Å². The van der Waals surface area contributed by atoms with E-state index in [1.807, 2.05) is 63.2 Å². The van der Waals surface area contributed by atoms with Crippen LogP contribution in [0.4, 0.5) is 0 Å². The fourth-order valence-corrected chi connectivity index (χ4v) is 3.48. The van der Waals surface area contributed by atoms with Crippen LogP contribution in [0.25, 0.3) is 11.5 Å². The monoisotopic (exact) mass is 409 g/mol. The molecule has 1 heterocycles. The van der Waals surface area contributed by atoms with E-state index in [2.05, 4.69) is 4.98 Å². The Hall–Kier alpha value is -3.12. The van der Waals surface area contributed by atoms with Gasteiger partial charge in [-0.2, -0.15) is 0 Å². The topological polar surface area (TPSA) is 81.8 Å². The minimum atomic E-state index is -0.967. The predicted octanol–water partition coefficient (Wildman–Crippen LogP) is 4.53. The van der Waals surface area contributed by atoms with Gasteiger partial charge in [-0.15, -0.1) is 0 Å². The molecule has 0 amide bonds. The zero-order valence-electron chi connectivity index (χ0n) is 17.8. The third-order valence-corrected chi connectivity index (χ3v) is 5.00. The van der Waals surface area contributed by atoms with Gasteiger partial charge in [0.05, 0.1) is 12.3 Å². The quantitative estimate of drug-likeness (QED) is 0.559. The van der Waals surface area contributed by atoms with E-state index in [0.717, 1.165) is 39.5 Å². The van der Waals surface area contributed by atoms with E-state index in [1.165, 1.54) is 7.11 Å². The molecule has 0 fully saturated rings. The van der Waals surface area contributed by atoms with Crippen LogP contribution in [0, 0.1) is 20.8 Å². The van der Waals surface area contributed by atoms with Gasteiger partial charge in [0.15, 0.2) is 6.10 Å². The van der Waals surface area contributed by atoms with Crippen LogP contribution in [0.3, 0.4) is 0 Å². The number of carboxylic acid groups (broad SMARTS) is 1. The Bertz CT molecular complexity index is 987. The smallest absolute Gasteiger partial charge is 0.333 e. The number of ether oxygens (including phenoxy) is 2. The van der Waals surface area contributed by atoms with Crippen LogP contribution in [0.1, 0.15) is 28.1 Å². The highest BCUT2D eigenvalue weighted by Crippen LogP contribution is 2.27. The van der Waals surface area contributed by atoms with Crippen LogP contribution in [0.15, 0.2) is 46.9 Å². The van der Waals surface area contributed by atoms with Gasteiger partial charge in [-0.25, -0.2) is 9.78 Å². The second kappa shape index (κ2) is 9.59. The van der Waals surface area contributed by atoms with Crippen molar-refractivity contribution in [3.8, 4) is 17.2 Å². The molecule has 6 heteroatoms. The van der Waals surface area contributed by atoms with E-state index in [4.69, 9.17) is 13.9 Å². The van der Waals surface area contributed by atoms with Gasteiger partial charge in [-0.05, 0) is 49.6 Å². The average Bonchev–Trinajstić information content (AvgIpc) is 3.09. The van der Waals surface area contributed by atoms with Crippen molar-refractivity contribution in [2.24, 2.45) is 0 Å². The van der Waals surface area contributed by atoms with Crippen molar-refractivity contribution in [3.05, 3.63) is 70.6 Å². The lowest BCUT2D eigenvalue weighted by Crippen LogP contribution is -2.24. The fraction of sp³-hybridized carbons (Fsp3) is 0.333. The number of aliphatic carboxylic acids is 1. The summed E-state index contributed by atoms with van der Waals surface area (Å²) in [4.78, 5) is 15.8. The van der Waals surface area contributed by atoms with Gasteiger partial charge in [0.25, 0.3) is 0 Å². The van der Waals surface area contributed by atoms with Crippen molar-refractivity contribution < 1.29 is 23.8 Å². The summed E-state index contributed by atoms with van der Waals surface area (Å²) < 4.78 is 16.9. The maximum atomic E-state index is 11.2. The molecule has 0 saturated heterocycles. The average molecular weight is 409 g/mol. The summed E-state index contributed by atoms with van der Waals surface area (Å²) in [6.45, 7) is 6.31. The molecule has 0 aliphatic carbocycles. The number of hydrogen-bond acceptors (Lipinski definition) is 5. The molecule has 0 aliphatic heterocycles. The van der Waals surface area contributed by atoms with Crippen molar-refractivity contribution >= 4 is 5.97 Å². The van der Waals surface area contributed by atoms with E-state index < -0.39 is 12.1 Å². The SMILES string of the molecule is COC(Cc1cc(C)c(OCCc2nc(-c3ccccc3)oc2C)c(C)c1)C(=O)O. The normalized spacial score (nSPS) is 12.0. The molecule has 6 nitrogen and oxygen atoms in total. The van der Waals surface area contributed by atoms with Crippen molar-refractivity contribution in [1.82, 2.24) is 4.98 Å². The summed E-state index contributed by atoms with van der Waals surface area (Å²) in [5.41, 5.74) is 4.67. The molecule has 3 rings (SSSR count). The van der Waals surface area contributed by atoms with Gasteiger partial charge in [0, 0.05) is 25.5 Å². The van der Waals surface area contributed by atoms with Crippen LogP contribution in [-0.2, 0) is 22.4 Å². The number of aryl methyl sites for hydroxylation is 3. The first-order chi connectivity index (χ1) is 14.4. The highest BCUT2D eigenvalue weighted by molar-refractivity contribution is 5.72. The summed E-state index contributed by atoms with van der Waals surface area (Å²) in [7, 11) is 1.41. The summed E-state index contributed by atoms with van der Waals surface area (Å²) in [5.74, 6) is 1.25. The molecular weight excluding hydrogens is 382 g/mol. The van der Waals surface area contributed by atoms with Crippen LogP contribution >= 0.6 is 0 Å². The number of carboxylic acids is 1. The zero-order chi connectivity index (χ0) is 21.7. The zero-order valence-corrected chi connectivity index (χ0v) is 17.8. The van der Waals surface area contributed by atoms with E-state index in [-0.39, 0.29) is 0 Å². The largest absolute Gasteiger partial charge is 0.493 e. The first-order valence-corrected chi connectivity index (χ1v) is 9.89. The summed E-state index contributed by atoms with van der Waals surface area (Å²) in [6.07, 6.45) is 0.0893. The Morgan fingerprint density at radius 1 is 1.13 bits per heavy atom. The molecule has 2 aromatic carbocycles. The summed E-state index contributed by atoms with van der Waals surface area (Å²) in [6, 6.07) is 13.7. The molecule has 0 radical (unpaired) electrons. The van der Waals surface area contributed by atoms with Crippen LogP contribution in [0.5, 0.6) is 5.75 Å². The van der Waals surface area contributed by atoms with E-state index >= 15 is 0 Å². The minimum Gasteiger partial charge on any atom is -0.493 e. The minimum absolute atomic E-state index is 0.314. The van der Waals surface area contributed by atoms with Gasteiger partial charge in [0.2, 0.25) is 5.89 Å². The van der Waals surface area contributed by atoms with Gasteiger partial charge < -0.3 is 19.0 Å². The molecular formula is C24H27NO5.